The Kier molecular flexibility index (Phi) is 3.26. The summed E-state index contributed by atoms with van der Waals surface area (Å²) in [5, 5.41) is 7.05. The molecule has 0 saturated carbocycles. The van der Waals surface area contributed by atoms with Gasteiger partial charge in [-0.2, -0.15) is 4.98 Å². The Morgan fingerprint density at radius 2 is 2.19 bits per heavy atom. The van der Waals surface area contributed by atoms with E-state index in [0.29, 0.717) is 18.3 Å². The van der Waals surface area contributed by atoms with Crippen molar-refractivity contribution in [1.29, 1.82) is 0 Å². The van der Waals surface area contributed by atoms with Crippen LogP contribution in [0.15, 0.2) is 23.0 Å². The Balaban J connectivity index is 1.87. The molecular weight excluding hydrogens is 204 g/mol. The molecule has 0 aliphatic rings. The van der Waals surface area contributed by atoms with Crippen LogP contribution in [0.1, 0.15) is 22.8 Å². The SMILES string of the molecule is Cc1nc(CNCc2cnccc2C)no1. The standard InChI is InChI=1S/C11H14N4O/c1-8-3-4-12-5-10(8)6-13-7-11-14-9(2)16-15-11/h3-5,13H,6-7H2,1-2H3. The van der Waals surface area contributed by atoms with Crippen molar-refractivity contribution in [2.24, 2.45) is 0 Å². The number of pyridine rings is 1. The molecule has 0 fully saturated rings. The van der Waals surface area contributed by atoms with Gasteiger partial charge < -0.3 is 9.84 Å². The normalized spacial score (nSPS) is 10.6. The van der Waals surface area contributed by atoms with Gasteiger partial charge in [0.15, 0.2) is 5.82 Å². The Morgan fingerprint density at radius 1 is 1.31 bits per heavy atom. The second-order valence-electron chi connectivity index (χ2n) is 3.64. The maximum absolute atomic E-state index is 4.88. The fraction of sp³-hybridized carbons (Fsp3) is 0.364. The molecule has 0 aliphatic heterocycles. The van der Waals surface area contributed by atoms with Crippen molar-refractivity contribution >= 4 is 0 Å². The number of hydrogen-bond acceptors (Lipinski definition) is 5. The number of aromatic nitrogens is 3. The zero-order valence-electron chi connectivity index (χ0n) is 9.40. The van der Waals surface area contributed by atoms with Crippen LogP contribution >= 0.6 is 0 Å². The second-order valence-corrected chi connectivity index (χ2v) is 3.64. The summed E-state index contributed by atoms with van der Waals surface area (Å²) in [6, 6.07) is 2.00. The third-order valence-corrected chi connectivity index (χ3v) is 2.32. The second kappa shape index (κ2) is 4.85. The maximum Gasteiger partial charge on any atom is 0.223 e. The molecule has 0 atom stereocenters. The largest absolute Gasteiger partial charge is 0.340 e. The molecule has 0 aromatic carbocycles. The van der Waals surface area contributed by atoms with Gasteiger partial charge in [0.1, 0.15) is 0 Å². The summed E-state index contributed by atoms with van der Waals surface area (Å²) >= 11 is 0. The van der Waals surface area contributed by atoms with Crippen LogP contribution in [0, 0.1) is 13.8 Å². The van der Waals surface area contributed by atoms with Gasteiger partial charge in [-0.15, -0.1) is 0 Å². The number of aryl methyl sites for hydroxylation is 2. The minimum Gasteiger partial charge on any atom is -0.340 e. The lowest BCUT2D eigenvalue weighted by atomic mass is 10.1. The van der Waals surface area contributed by atoms with Gasteiger partial charge in [0.2, 0.25) is 5.89 Å². The fourth-order valence-corrected chi connectivity index (χ4v) is 1.40. The lowest BCUT2D eigenvalue weighted by Crippen LogP contribution is -2.14. The lowest BCUT2D eigenvalue weighted by Gasteiger charge is -2.04. The van der Waals surface area contributed by atoms with Crippen LogP contribution in [0.2, 0.25) is 0 Å². The molecule has 0 spiro atoms. The average molecular weight is 218 g/mol. The smallest absolute Gasteiger partial charge is 0.223 e. The summed E-state index contributed by atoms with van der Waals surface area (Å²) in [7, 11) is 0. The quantitative estimate of drug-likeness (QED) is 0.839. The zero-order valence-corrected chi connectivity index (χ0v) is 9.40. The van der Waals surface area contributed by atoms with E-state index in [1.165, 1.54) is 11.1 Å². The lowest BCUT2D eigenvalue weighted by molar-refractivity contribution is 0.385. The predicted molar refractivity (Wildman–Crippen MR) is 58.6 cm³/mol. The van der Waals surface area contributed by atoms with Crippen molar-refractivity contribution in [3.8, 4) is 0 Å². The highest BCUT2D eigenvalue weighted by Crippen LogP contribution is 2.04. The van der Waals surface area contributed by atoms with E-state index in [-0.39, 0.29) is 0 Å². The molecule has 5 nitrogen and oxygen atoms in total. The Morgan fingerprint density at radius 3 is 2.88 bits per heavy atom. The third-order valence-electron chi connectivity index (χ3n) is 2.32. The van der Waals surface area contributed by atoms with E-state index in [1.807, 2.05) is 12.3 Å². The topological polar surface area (TPSA) is 63.8 Å². The number of nitrogens with one attached hydrogen (secondary N) is 1. The van der Waals surface area contributed by atoms with Gasteiger partial charge >= 0.3 is 0 Å². The van der Waals surface area contributed by atoms with E-state index < -0.39 is 0 Å². The van der Waals surface area contributed by atoms with Gasteiger partial charge in [0, 0.05) is 25.9 Å². The van der Waals surface area contributed by atoms with Gasteiger partial charge in [-0.3, -0.25) is 4.98 Å². The molecule has 0 aliphatic carbocycles. The fourth-order valence-electron chi connectivity index (χ4n) is 1.40. The van der Waals surface area contributed by atoms with Crippen molar-refractivity contribution < 1.29 is 4.52 Å². The highest BCUT2D eigenvalue weighted by atomic mass is 16.5. The van der Waals surface area contributed by atoms with E-state index in [9.17, 15) is 0 Å². The number of rotatable bonds is 4. The molecule has 0 unspecified atom stereocenters. The van der Waals surface area contributed by atoms with Gasteiger partial charge in [-0.25, -0.2) is 0 Å². The van der Waals surface area contributed by atoms with Crippen molar-refractivity contribution in [2.75, 3.05) is 0 Å². The van der Waals surface area contributed by atoms with Gasteiger partial charge in [0.25, 0.3) is 0 Å². The monoisotopic (exact) mass is 218 g/mol. The summed E-state index contributed by atoms with van der Waals surface area (Å²) in [6.07, 6.45) is 3.66. The summed E-state index contributed by atoms with van der Waals surface area (Å²) in [5.41, 5.74) is 2.41. The molecule has 2 aromatic rings. The molecule has 1 N–H and O–H groups in total. The molecule has 0 bridgehead atoms. The molecule has 16 heavy (non-hydrogen) atoms. The summed E-state index contributed by atoms with van der Waals surface area (Å²) in [5.74, 6) is 1.27. The van der Waals surface area contributed by atoms with Crippen LogP contribution in [0.5, 0.6) is 0 Å². The van der Waals surface area contributed by atoms with Crippen molar-refractivity contribution in [3.63, 3.8) is 0 Å². The Hall–Kier alpha value is -1.75. The molecule has 0 radical (unpaired) electrons. The predicted octanol–water partition coefficient (Wildman–Crippen LogP) is 1.37. The molecular formula is C11H14N4O. The van der Waals surface area contributed by atoms with Crippen molar-refractivity contribution in [3.05, 3.63) is 41.3 Å². The molecule has 0 saturated heterocycles. The molecule has 5 heteroatoms. The number of nitrogens with zero attached hydrogens (tertiary/aromatic N) is 3. The van der Waals surface area contributed by atoms with E-state index in [4.69, 9.17) is 4.52 Å². The first-order valence-electron chi connectivity index (χ1n) is 5.15. The van der Waals surface area contributed by atoms with Gasteiger partial charge in [0.05, 0.1) is 6.54 Å². The highest BCUT2D eigenvalue weighted by molar-refractivity contribution is 5.20. The highest BCUT2D eigenvalue weighted by Gasteiger charge is 2.02. The van der Waals surface area contributed by atoms with Crippen LogP contribution < -0.4 is 5.32 Å². The van der Waals surface area contributed by atoms with E-state index in [1.54, 1.807) is 13.1 Å². The van der Waals surface area contributed by atoms with Gasteiger partial charge in [-0.05, 0) is 24.1 Å². The van der Waals surface area contributed by atoms with E-state index in [2.05, 4.69) is 27.4 Å². The van der Waals surface area contributed by atoms with E-state index in [0.717, 1.165) is 6.54 Å². The van der Waals surface area contributed by atoms with Crippen LogP contribution in [0.3, 0.4) is 0 Å². The first-order chi connectivity index (χ1) is 7.75. The van der Waals surface area contributed by atoms with Crippen LogP contribution in [0.25, 0.3) is 0 Å². The molecule has 2 aromatic heterocycles. The first-order valence-corrected chi connectivity index (χ1v) is 5.15. The van der Waals surface area contributed by atoms with Gasteiger partial charge in [-0.1, -0.05) is 5.16 Å². The number of hydrogen-bond donors (Lipinski definition) is 1. The minimum atomic E-state index is 0.592. The third kappa shape index (κ3) is 2.64. The van der Waals surface area contributed by atoms with Crippen molar-refractivity contribution in [2.45, 2.75) is 26.9 Å². The van der Waals surface area contributed by atoms with Crippen LogP contribution in [0.4, 0.5) is 0 Å². The molecule has 84 valence electrons. The minimum absolute atomic E-state index is 0.592. The van der Waals surface area contributed by atoms with Crippen LogP contribution in [-0.2, 0) is 13.1 Å². The summed E-state index contributed by atoms with van der Waals surface area (Å²) < 4.78 is 4.88. The summed E-state index contributed by atoms with van der Waals surface area (Å²) in [6.45, 7) is 5.21. The average Bonchev–Trinajstić information content (AvgIpc) is 2.67. The van der Waals surface area contributed by atoms with Crippen LogP contribution in [-0.4, -0.2) is 15.1 Å². The molecule has 2 rings (SSSR count). The maximum atomic E-state index is 4.88. The van der Waals surface area contributed by atoms with Crippen molar-refractivity contribution in [1.82, 2.24) is 20.4 Å². The summed E-state index contributed by atoms with van der Waals surface area (Å²) in [4.78, 5) is 8.19. The molecule has 0 amide bonds. The molecule has 2 heterocycles. The first kappa shape index (κ1) is 10.8. The van der Waals surface area contributed by atoms with E-state index >= 15 is 0 Å². The zero-order chi connectivity index (χ0) is 11.4. The Labute approximate surface area is 93.9 Å². The Bertz CT molecular complexity index is 467.